The minimum atomic E-state index is -3.84. The van der Waals surface area contributed by atoms with Gasteiger partial charge < -0.3 is 10.8 Å². The molecule has 1 heterocycles. The van der Waals surface area contributed by atoms with Crippen LogP contribution in [0, 0.1) is 0 Å². The van der Waals surface area contributed by atoms with E-state index in [0.717, 1.165) is 9.87 Å². The number of hydrogen-bond acceptors (Lipinski definition) is 4. The van der Waals surface area contributed by atoms with Crippen LogP contribution in [0.3, 0.4) is 0 Å². The van der Waals surface area contributed by atoms with Crippen LogP contribution in [-0.4, -0.2) is 42.4 Å². The SMILES string of the molecule is CC(C)c1ccc(S(=O)(=O)N2C[C@H](O)C[C@@H]2C(N)=O)cc1. The lowest BCUT2D eigenvalue weighted by atomic mass is 10.0. The number of carbonyl (C=O) groups excluding carboxylic acids is 1. The fourth-order valence-electron chi connectivity index (χ4n) is 2.47. The molecule has 1 aliphatic rings. The van der Waals surface area contributed by atoms with Gasteiger partial charge in [-0.3, -0.25) is 4.79 Å². The summed E-state index contributed by atoms with van der Waals surface area (Å²) in [5, 5.41) is 9.63. The van der Waals surface area contributed by atoms with Gasteiger partial charge in [0.05, 0.1) is 11.0 Å². The number of aliphatic hydroxyl groups excluding tert-OH is 1. The van der Waals surface area contributed by atoms with Crippen molar-refractivity contribution in [2.75, 3.05) is 6.54 Å². The van der Waals surface area contributed by atoms with E-state index in [-0.39, 0.29) is 17.9 Å². The lowest BCUT2D eigenvalue weighted by molar-refractivity contribution is -0.121. The number of amides is 1. The van der Waals surface area contributed by atoms with Gasteiger partial charge in [0.2, 0.25) is 15.9 Å². The van der Waals surface area contributed by atoms with E-state index in [1.54, 1.807) is 12.1 Å². The summed E-state index contributed by atoms with van der Waals surface area (Å²) in [5.41, 5.74) is 6.26. The van der Waals surface area contributed by atoms with E-state index in [4.69, 9.17) is 5.73 Å². The third kappa shape index (κ3) is 3.09. The Labute approximate surface area is 124 Å². The maximum atomic E-state index is 12.6. The number of benzene rings is 1. The topological polar surface area (TPSA) is 101 Å². The number of rotatable bonds is 4. The van der Waals surface area contributed by atoms with Gasteiger partial charge in [-0.25, -0.2) is 8.42 Å². The van der Waals surface area contributed by atoms with Crippen LogP contribution >= 0.6 is 0 Å². The zero-order valence-corrected chi connectivity index (χ0v) is 12.9. The van der Waals surface area contributed by atoms with Crippen LogP contribution in [0.5, 0.6) is 0 Å². The molecule has 1 fully saturated rings. The summed E-state index contributed by atoms with van der Waals surface area (Å²) in [6.07, 6.45) is -0.828. The molecule has 1 aromatic rings. The highest BCUT2D eigenvalue weighted by Gasteiger charge is 2.42. The van der Waals surface area contributed by atoms with Gasteiger partial charge in [0, 0.05) is 13.0 Å². The zero-order valence-electron chi connectivity index (χ0n) is 12.1. The van der Waals surface area contributed by atoms with Crippen molar-refractivity contribution in [3.05, 3.63) is 29.8 Å². The Morgan fingerprint density at radius 1 is 1.33 bits per heavy atom. The minimum Gasteiger partial charge on any atom is -0.392 e. The number of sulfonamides is 1. The normalized spacial score (nSPS) is 23.6. The number of aliphatic hydroxyl groups is 1. The van der Waals surface area contributed by atoms with Gasteiger partial charge in [0.15, 0.2) is 0 Å². The molecule has 0 radical (unpaired) electrons. The number of β-amino-alcohol motifs (C(OH)–C–C–N with tert-alkyl or cyclic N) is 1. The standard InChI is InChI=1S/C14H20N2O4S/c1-9(2)10-3-5-12(6-4-10)21(19,20)16-8-11(17)7-13(16)14(15)18/h3-6,9,11,13,17H,7-8H2,1-2H3,(H2,15,18)/t11-,13-/m1/s1. The van der Waals surface area contributed by atoms with Crippen molar-refractivity contribution in [3.63, 3.8) is 0 Å². The van der Waals surface area contributed by atoms with Gasteiger partial charge in [0.25, 0.3) is 0 Å². The molecular formula is C14H20N2O4S. The summed E-state index contributed by atoms with van der Waals surface area (Å²) in [5.74, 6) is -0.442. The van der Waals surface area contributed by atoms with Gasteiger partial charge in [-0.1, -0.05) is 26.0 Å². The summed E-state index contributed by atoms with van der Waals surface area (Å²) in [6, 6.07) is 5.56. The fourth-order valence-corrected chi connectivity index (χ4v) is 4.11. The summed E-state index contributed by atoms with van der Waals surface area (Å²) in [6.45, 7) is 3.93. The highest BCUT2D eigenvalue weighted by molar-refractivity contribution is 7.89. The van der Waals surface area contributed by atoms with Crippen molar-refractivity contribution in [2.45, 2.75) is 43.2 Å². The molecule has 3 N–H and O–H groups in total. The zero-order chi connectivity index (χ0) is 15.8. The molecular weight excluding hydrogens is 292 g/mol. The minimum absolute atomic E-state index is 0.0403. The van der Waals surface area contributed by atoms with Crippen molar-refractivity contribution in [2.24, 2.45) is 5.73 Å². The maximum Gasteiger partial charge on any atom is 0.243 e. The largest absolute Gasteiger partial charge is 0.392 e. The lowest BCUT2D eigenvalue weighted by Gasteiger charge is -2.21. The Balaban J connectivity index is 2.35. The molecule has 21 heavy (non-hydrogen) atoms. The van der Waals surface area contributed by atoms with E-state index in [1.165, 1.54) is 12.1 Å². The quantitative estimate of drug-likeness (QED) is 0.841. The van der Waals surface area contributed by atoms with E-state index >= 15 is 0 Å². The number of hydrogen-bond donors (Lipinski definition) is 2. The van der Waals surface area contributed by atoms with Crippen LogP contribution in [-0.2, 0) is 14.8 Å². The second kappa shape index (κ2) is 5.75. The second-order valence-electron chi connectivity index (χ2n) is 5.61. The van der Waals surface area contributed by atoms with E-state index in [9.17, 15) is 18.3 Å². The highest BCUT2D eigenvalue weighted by atomic mass is 32.2. The Morgan fingerprint density at radius 2 is 1.90 bits per heavy atom. The Hall–Kier alpha value is -1.44. The first kappa shape index (κ1) is 15.9. The molecule has 116 valence electrons. The van der Waals surface area contributed by atoms with Gasteiger partial charge in [-0.15, -0.1) is 0 Å². The molecule has 0 aliphatic carbocycles. The smallest absolute Gasteiger partial charge is 0.243 e. The monoisotopic (exact) mass is 312 g/mol. The van der Waals surface area contributed by atoms with E-state index < -0.39 is 28.1 Å². The molecule has 6 nitrogen and oxygen atoms in total. The second-order valence-corrected chi connectivity index (χ2v) is 7.50. The summed E-state index contributed by atoms with van der Waals surface area (Å²) < 4.78 is 26.2. The molecule has 0 spiro atoms. The molecule has 0 unspecified atom stereocenters. The summed E-state index contributed by atoms with van der Waals surface area (Å²) in [4.78, 5) is 11.5. The molecule has 1 aliphatic heterocycles. The number of carbonyl (C=O) groups is 1. The molecule has 2 atom stereocenters. The van der Waals surface area contributed by atoms with Crippen LogP contribution in [0.1, 0.15) is 31.7 Å². The maximum absolute atomic E-state index is 12.6. The third-order valence-corrected chi connectivity index (χ3v) is 5.60. The van der Waals surface area contributed by atoms with Gasteiger partial charge in [-0.05, 0) is 23.6 Å². The first-order valence-corrected chi connectivity index (χ1v) is 8.26. The average molecular weight is 312 g/mol. The Bertz CT molecular complexity index is 625. The fraction of sp³-hybridized carbons (Fsp3) is 0.500. The first-order valence-electron chi connectivity index (χ1n) is 6.82. The van der Waals surface area contributed by atoms with Crippen LogP contribution in [0.15, 0.2) is 29.2 Å². The molecule has 0 aromatic heterocycles. The molecule has 0 bridgehead atoms. The van der Waals surface area contributed by atoms with E-state index in [2.05, 4.69) is 0 Å². The van der Waals surface area contributed by atoms with Crippen LogP contribution < -0.4 is 5.73 Å². The van der Waals surface area contributed by atoms with Crippen molar-refractivity contribution < 1.29 is 18.3 Å². The first-order chi connectivity index (χ1) is 9.73. The van der Waals surface area contributed by atoms with Gasteiger partial charge in [0.1, 0.15) is 6.04 Å². The number of nitrogens with two attached hydrogens (primary N) is 1. The van der Waals surface area contributed by atoms with Crippen LogP contribution in [0.2, 0.25) is 0 Å². The predicted octanol–water partition coefficient (Wildman–Crippen LogP) is 0.419. The predicted molar refractivity (Wildman–Crippen MR) is 78.0 cm³/mol. The van der Waals surface area contributed by atoms with Crippen molar-refractivity contribution >= 4 is 15.9 Å². The average Bonchev–Trinajstić information content (AvgIpc) is 2.82. The van der Waals surface area contributed by atoms with Crippen molar-refractivity contribution in [1.29, 1.82) is 0 Å². The number of nitrogens with zero attached hydrogens (tertiary/aromatic N) is 1. The summed E-state index contributed by atoms with van der Waals surface area (Å²) >= 11 is 0. The van der Waals surface area contributed by atoms with E-state index in [0.29, 0.717) is 5.92 Å². The Kier molecular flexibility index (Phi) is 4.36. The molecule has 1 saturated heterocycles. The molecule has 0 saturated carbocycles. The third-order valence-electron chi connectivity index (χ3n) is 3.72. The van der Waals surface area contributed by atoms with Crippen LogP contribution in [0.25, 0.3) is 0 Å². The molecule has 1 amide bonds. The van der Waals surface area contributed by atoms with Crippen molar-refractivity contribution in [3.8, 4) is 0 Å². The molecule has 2 rings (SSSR count). The van der Waals surface area contributed by atoms with Crippen molar-refractivity contribution in [1.82, 2.24) is 4.31 Å². The van der Waals surface area contributed by atoms with Crippen LogP contribution in [0.4, 0.5) is 0 Å². The summed E-state index contributed by atoms with van der Waals surface area (Å²) in [7, 11) is -3.84. The van der Waals surface area contributed by atoms with Gasteiger partial charge >= 0.3 is 0 Å². The lowest BCUT2D eigenvalue weighted by Crippen LogP contribution is -2.43. The molecule has 1 aromatic carbocycles. The molecule has 7 heteroatoms. The Morgan fingerprint density at radius 3 is 2.38 bits per heavy atom. The number of primary amides is 1. The highest BCUT2D eigenvalue weighted by Crippen LogP contribution is 2.27. The van der Waals surface area contributed by atoms with Gasteiger partial charge in [-0.2, -0.15) is 4.31 Å². The van der Waals surface area contributed by atoms with E-state index in [1.807, 2.05) is 13.8 Å².